The summed E-state index contributed by atoms with van der Waals surface area (Å²) in [6.07, 6.45) is -0.605. The van der Waals surface area contributed by atoms with Gasteiger partial charge in [0.2, 0.25) is 0 Å². The largest absolute Gasteiger partial charge is 0.481 e. The van der Waals surface area contributed by atoms with Gasteiger partial charge in [0, 0.05) is 13.0 Å². The molecule has 1 rings (SSSR count). The molecule has 0 aliphatic carbocycles. The first-order valence-corrected chi connectivity index (χ1v) is 3.72. The normalized spacial score (nSPS) is 29.3. The molecule has 12 heavy (non-hydrogen) atoms. The highest BCUT2D eigenvalue weighted by atomic mass is 19.3. The molecule has 1 heterocycles. The predicted octanol–water partition coefficient (Wildman–Crippen LogP) is 1.13. The van der Waals surface area contributed by atoms with Crippen molar-refractivity contribution in [3.05, 3.63) is 0 Å². The minimum absolute atomic E-state index is 0.0587. The van der Waals surface area contributed by atoms with E-state index in [0.717, 1.165) is 0 Å². The monoisotopic (exact) mass is 180 g/mol. The van der Waals surface area contributed by atoms with Gasteiger partial charge < -0.3 is 9.84 Å². The lowest BCUT2D eigenvalue weighted by Gasteiger charge is -2.19. The average Bonchev–Trinajstić information content (AvgIpc) is 2.09. The van der Waals surface area contributed by atoms with Gasteiger partial charge in [-0.3, -0.25) is 4.79 Å². The van der Waals surface area contributed by atoms with Crippen molar-refractivity contribution < 1.29 is 23.4 Å². The topological polar surface area (TPSA) is 46.5 Å². The Bertz CT molecular complexity index is 181. The molecule has 0 aromatic rings. The van der Waals surface area contributed by atoms with Crippen molar-refractivity contribution in [2.24, 2.45) is 5.92 Å². The summed E-state index contributed by atoms with van der Waals surface area (Å²) >= 11 is 0. The smallest absolute Gasteiger partial charge is 0.312 e. The molecule has 1 aliphatic rings. The molecule has 1 aliphatic heterocycles. The van der Waals surface area contributed by atoms with Crippen molar-refractivity contribution in [1.29, 1.82) is 0 Å². The first-order chi connectivity index (χ1) is 5.54. The van der Waals surface area contributed by atoms with Crippen LogP contribution in [0.5, 0.6) is 0 Å². The maximum absolute atomic E-state index is 12.9. The van der Waals surface area contributed by atoms with E-state index in [1.165, 1.54) is 0 Å². The standard InChI is InChI=1S/C7H10F2O3/c8-7(9)2-4-12-3-1-5(7)6(10)11/h5H,1-4H2,(H,10,11). The van der Waals surface area contributed by atoms with Gasteiger partial charge in [-0.2, -0.15) is 0 Å². The summed E-state index contributed by atoms with van der Waals surface area (Å²) < 4.78 is 30.6. The van der Waals surface area contributed by atoms with Crippen LogP contribution in [-0.4, -0.2) is 30.2 Å². The summed E-state index contributed by atoms with van der Waals surface area (Å²) in [5.74, 6) is -6.15. The zero-order valence-corrected chi connectivity index (χ0v) is 6.43. The number of hydrogen-bond acceptors (Lipinski definition) is 2. The molecular formula is C7H10F2O3. The summed E-state index contributed by atoms with van der Waals surface area (Å²) in [4.78, 5) is 10.4. The van der Waals surface area contributed by atoms with E-state index < -0.39 is 24.2 Å². The first-order valence-electron chi connectivity index (χ1n) is 3.72. The van der Waals surface area contributed by atoms with Gasteiger partial charge >= 0.3 is 5.97 Å². The van der Waals surface area contributed by atoms with E-state index in [-0.39, 0.29) is 19.6 Å². The second-order valence-corrected chi connectivity index (χ2v) is 2.80. The number of carboxylic acid groups (broad SMARTS) is 1. The Kier molecular flexibility index (Phi) is 2.62. The van der Waals surface area contributed by atoms with E-state index in [1.807, 2.05) is 0 Å². The SMILES string of the molecule is O=C(O)C1CCOCCC1(F)F. The Balaban J connectivity index is 2.71. The van der Waals surface area contributed by atoms with E-state index >= 15 is 0 Å². The van der Waals surface area contributed by atoms with Gasteiger partial charge in [0.1, 0.15) is 5.92 Å². The van der Waals surface area contributed by atoms with Gasteiger partial charge in [-0.05, 0) is 6.42 Å². The van der Waals surface area contributed by atoms with E-state index in [9.17, 15) is 13.6 Å². The first kappa shape index (κ1) is 9.38. The molecule has 0 spiro atoms. The predicted molar refractivity (Wildman–Crippen MR) is 36.1 cm³/mol. The highest BCUT2D eigenvalue weighted by Gasteiger charge is 2.45. The summed E-state index contributed by atoms with van der Waals surface area (Å²) in [6, 6.07) is 0. The lowest BCUT2D eigenvalue weighted by molar-refractivity contribution is -0.157. The van der Waals surface area contributed by atoms with Crippen LogP contribution in [-0.2, 0) is 9.53 Å². The number of rotatable bonds is 1. The number of aliphatic carboxylic acids is 1. The molecule has 0 saturated carbocycles. The molecule has 70 valence electrons. The molecule has 3 nitrogen and oxygen atoms in total. The molecule has 0 aromatic carbocycles. The highest BCUT2D eigenvalue weighted by Crippen LogP contribution is 2.33. The van der Waals surface area contributed by atoms with Gasteiger partial charge in [-0.15, -0.1) is 0 Å². The van der Waals surface area contributed by atoms with Crippen LogP contribution in [0.4, 0.5) is 8.78 Å². The van der Waals surface area contributed by atoms with Crippen molar-refractivity contribution in [3.63, 3.8) is 0 Å². The fourth-order valence-electron chi connectivity index (χ4n) is 1.20. The third-order valence-corrected chi connectivity index (χ3v) is 1.94. The van der Waals surface area contributed by atoms with Crippen LogP contribution in [0.25, 0.3) is 0 Å². The number of carbonyl (C=O) groups is 1. The van der Waals surface area contributed by atoms with Crippen LogP contribution in [0.3, 0.4) is 0 Å². The van der Waals surface area contributed by atoms with Crippen LogP contribution < -0.4 is 0 Å². The lowest BCUT2D eigenvalue weighted by Crippen LogP contribution is -2.34. The molecule has 0 aromatic heterocycles. The zero-order valence-electron chi connectivity index (χ0n) is 6.43. The molecule has 1 unspecified atom stereocenters. The second kappa shape index (κ2) is 3.35. The third kappa shape index (κ3) is 1.91. The Morgan fingerprint density at radius 1 is 1.50 bits per heavy atom. The van der Waals surface area contributed by atoms with Crippen molar-refractivity contribution >= 4 is 5.97 Å². The van der Waals surface area contributed by atoms with Crippen LogP contribution in [0, 0.1) is 5.92 Å². The van der Waals surface area contributed by atoms with Crippen molar-refractivity contribution in [2.45, 2.75) is 18.8 Å². The number of carboxylic acids is 1. The van der Waals surface area contributed by atoms with Gasteiger partial charge in [-0.25, -0.2) is 8.78 Å². The quantitative estimate of drug-likeness (QED) is 0.658. The fraction of sp³-hybridized carbons (Fsp3) is 0.857. The Labute approximate surface area is 68.3 Å². The minimum Gasteiger partial charge on any atom is -0.481 e. The maximum Gasteiger partial charge on any atom is 0.312 e. The Hall–Kier alpha value is -0.710. The third-order valence-electron chi connectivity index (χ3n) is 1.94. The Morgan fingerprint density at radius 2 is 2.17 bits per heavy atom. The van der Waals surface area contributed by atoms with E-state index in [2.05, 4.69) is 0 Å². The average molecular weight is 180 g/mol. The molecule has 5 heteroatoms. The Morgan fingerprint density at radius 3 is 2.75 bits per heavy atom. The van der Waals surface area contributed by atoms with Crippen LogP contribution >= 0.6 is 0 Å². The van der Waals surface area contributed by atoms with Crippen molar-refractivity contribution in [3.8, 4) is 0 Å². The molecule has 1 fully saturated rings. The van der Waals surface area contributed by atoms with Crippen molar-refractivity contribution in [2.75, 3.05) is 13.2 Å². The summed E-state index contributed by atoms with van der Waals surface area (Å²) in [5, 5.41) is 8.46. The molecular weight excluding hydrogens is 170 g/mol. The van der Waals surface area contributed by atoms with Gasteiger partial charge in [0.15, 0.2) is 0 Å². The van der Waals surface area contributed by atoms with Gasteiger partial charge in [-0.1, -0.05) is 0 Å². The molecule has 0 radical (unpaired) electrons. The molecule has 1 saturated heterocycles. The molecule has 1 atom stereocenters. The minimum atomic E-state index is -3.12. The lowest BCUT2D eigenvalue weighted by atomic mass is 9.97. The number of hydrogen-bond donors (Lipinski definition) is 1. The number of ether oxygens (including phenoxy) is 1. The van der Waals surface area contributed by atoms with Crippen molar-refractivity contribution in [1.82, 2.24) is 0 Å². The zero-order chi connectivity index (χ0) is 9.19. The summed E-state index contributed by atoms with van der Waals surface area (Å²) in [7, 11) is 0. The van der Waals surface area contributed by atoms with E-state index in [0.29, 0.717) is 0 Å². The highest BCUT2D eigenvalue weighted by molar-refractivity contribution is 5.71. The van der Waals surface area contributed by atoms with Crippen LogP contribution in [0.15, 0.2) is 0 Å². The van der Waals surface area contributed by atoms with Gasteiger partial charge in [0.25, 0.3) is 5.92 Å². The van der Waals surface area contributed by atoms with Gasteiger partial charge in [0.05, 0.1) is 6.61 Å². The van der Waals surface area contributed by atoms with E-state index in [1.54, 1.807) is 0 Å². The summed E-state index contributed by atoms with van der Waals surface area (Å²) in [5.41, 5.74) is 0. The number of alkyl halides is 2. The maximum atomic E-state index is 12.9. The van der Waals surface area contributed by atoms with Crippen LogP contribution in [0.1, 0.15) is 12.8 Å². The fourth-order valence-corrected chi connectivity index (χ4v) is 1.20. The molecule has 0 bridgehead atoms. The second-order valence-electron chi connectivity index (χ2n) is 2.80. The van der Waals surface area contributed by atoms with Crippen LogP contribution in [0.2, 0.25) is 0 Å². The number of halogens is 2. The van der Waals surface area contributed by atoms with E-state index in [4.69, 9.17) is 9.84 Å². The molecule has 1 N–H and O–H groups in total. The summed E-state index contributed by atoms with van der Waals surface area (Å²) in [6.45, 7) is 0.0450. The molecule has 0 amide bonds.